The van der Waals surface area contributed by atoms with Gasteiger partial charge in [-0.15, -0.1) is 0 Å². The maximum Gasteiger partial charge on any atom is 0.366 e. The minimum atomic E-state index is -0.403. The number of hydrogen-bond acceptors (Lipinski definition) is 7. The van der Waals surface area contributed by atoms with E-state index in [9.17, 15) is 9.59 Å². The molecule has 0 amide bonds. The van der Waals surface area contributed by atoms with Crippen LogP contribution in [0.4, 0.5) is 11.6 Å². The molecule has 22 heavy (non-hydrogen) atoms. The van der Waals surface area contributed by atoms with Crippen LogP contribution >= 0.6 is 0 Å². The zero-order valence-corrected chi connectivity index (χ0v) is 13.1. The Hall–Kier alpha value is -2.71. The summed E-state index contributed by atoms with van der Waals surface area (Å²) in [6.45, 7) is 7.54. The summed E-state index contributed by atoms with van der Waals surface area (Å²) < 4.78 is 2.80. The lowest BCUT2D eigenvalue weighted by atomic mass is 10.4. The fourth-order valence-corrected chi connectivity index (χ4v) is 1.53. The van der Waals surface area contributed by atoms with Gasteiger partial charge in [0.15, 0.2) is 0 Å². The van der Waals surface area contributed by atoms with Gasteiger partial charge in [-0.1, -0.05) is 0 Å². The lowest BCUT2D eigenvalue weighted by Crippen LogP contribution is -2.27. The van der Waals surface area contributed by atoms with E-state index in [-0.39, 0.29) is 29.4 Å². The maximum absolute atomic E-state index is 11.1. The molecule has 0 aliphatic carbocycles. The Balaban J connectivity index is 0.000000220. The summed E-state index contributed by atoms with van der Waals surface area (Å²) in [5.41, 5.74) is 9.85. The summed E-state index contributed by atoms with van der Waals surface area (Å²) >= 11 is 0. The molecule has 0 aromatic carbocycles. The lowest BCUT2D eigenvalue weighted by molar-refractivity contribution is 0.490. The van der Waals surface area contributed by atoms with Crippen molar-refractivity contribution in [2.24, 2.45) is 0 Å². The van der Waals surface area contributed by atoms with Crippen LogP contribution in [0.1, 0.15) is 39.8 Å². The first kappa shape index (κ1) is 17.3. The number of anilines is 2. The summed E-state index contributed by atoms with van der Waals surface area (Å²) in [6.07, 6.45) is 3.01. The monoisotopic (exact) mass is 307 g/mol. The van der Waals surface area contributed by atoms with E-state index in [1.807, 2.05) is 27.7 Å². The van der Waals surface area contributed by atoms with Crippen molar-refractivity contribution in [1.29, 1.82) is 0 Å². The van der Waals surface area contributed by atoms with Gasteiger partial charge in [-0.2, -0.15) is 15.1 Å². The second-order valence-corrected chi connectivity index (χ2v) is 5.14. The quantitative estimate of drug-likeness (QED) is 0.809. The van der Waals surface area contributed by atoms with Crippen LogP contribution in [-0.2, 0) is 0 Å². The Kier molecular flexibility index (Phi) is 5.79. The third-order valence-corrected chi connectivity index (χ3v) is 2.63. The van der Waals surface area contributed by atoms with Crippen LogP contribution in [0.25, 0.3) is 0 Å². The molecule has 0 bridgehead atoms. The van der Waals surface area contributed by atoms with Crippen molar-refractivity contribution in [3.63, 3.8) is 0 Å². The normalized spacial score (nSPS) is 10.5. The fraction of sp³-hybridized carbons (Fsp3) is 0.462. The van der Waals surface area contributed by atoms with Gasteiger partial charge in [0.1, 0.15) is 11.6 Å². The molecule has 120 valence electrons. The van der Waals surface area contributed by atoms with Crippen molar-refractivity contribution in [1.82, 2.24) is 24.3 Å². The van der Waals surface area contributed by atoms with E-state index in [1.54, 1.807) is 12.3 Å². The van der Waals surface area contributed by atoms with E-state index in [0.717, 1.165) is 0 Å². The average molecular weight is 307 g/mol. The standard InChI is InChI=1S/C7H11N3O.C6H10N4O/c1-5(2)10-4-3-6(8)9-7(10)11;1-4(2)10-6(11)9-5(7)3-8-10/h3-5H,1-2H3,(H2,8,9,11);3-4H,1-2H3,(H2,7,9,11). The molecule has 0 atom stereocenters. The number of nitrogens with zero attached hydrogens (tertiary/aromatic N) is 5. The molecule has 0 aliphatic rings. The number of hydrogen-bond donors (Lipinski definition) is 2. The van der Waals surface area contributed by atoms with Crippen LogP contribution in [0.2, 0.25) is 0 Å². The molecular formula is C13H21N7O2. The molecule has 0 fully saturated rings. The molecule has 2 aromatic rings. The highest BCUT2D eigenvalue weighted by Gasteiger charge is 2.02. The Morgan fingerprint density at radius 3 is 2.00 bits per heavy atom. The van der Waals surface area contributed by atoms with Crippen molar-refractivity contribution < 1.29 is 0 Å². The van der Waals surface area contributed by atoms with Crippen molar-refractivity contribution in [3.05, 3.63) is 39.4 Å². The zero-order valence-electron chi connectivity index (χ0n) is 13.1. The molecule has 2 rings (SSSR count). The van der Waals surface area contributed by atoms with Gasteiger partial charge in [0.05, 0.1) is 12.2 Å². The average Bonchev–Trinajstić information content (AvgIpc) is 2.38. The minimum absolute atomic E-state index is 0.0237. The third kappa shape index (κ3) is 4.69. The van der Waals surface area contributed by atoms with E-state index in [1.165, 1.54) is 15.4 Å². The van der Waals surface area contributed by atoms with E-state index in [2.05, 4.69) is 15.1 Å². The van der Waals surface area contributed by atoms with Gasteiger partial charge < -0.3 is 11.5 Å². The summed E-state index contributed by atoms with van der Waals surface area (Å²) in [6, 6.07) is 1.77. The van der Waals surface area contributed by atoms with Gasteiger partial charge in [0, 0.05) is 12.2 Å². The van der Waals surface area contributed by atoms with Gasteiger partial charge in [0.25, 0.3) is 0 Å². The predicted molar refractivity (Wildman–Crippen MR) is 84.4 cm³/mol. The number of nitrogen functional groups attached to an aromatic ring is 2. The molecule has 9 nitrogen and oxygen atoms in total. The topological polar surface area (TPSA) is 135 Å². The number of aromatic nitrogens is 5. The Morgan fingerprint density at radius 1 is 0.955 bits per heavy atom. The maximum atomic E-state index is 11.1. The molecule has 2 heterocycles. The van der Waals surface area contributed by atoms with Crippen molar-refractivity contribution in [2.75, 3.05) is 11.5 Å². The fourth-order valence-electron chi connectivity index (χ4n) is 1.53. The second-order valence-electron chi connectivity index (χ2n) is 5.14. The molecule has 0 unspecified atom stereocenters. The zero-order chi connectivity index (χ0) is 16.9. The largest absolute Gasteiger partial charge is 0.383 e. The van der Waals surface area contributed by atoms with Crippen LogP contribution in [0.15, 0.2) is 28.0 Å². The summed E-state index contributed by atoms with van der Waals surface area (Å²) in [5, 5.41) is 3.79. The molecule has 0 aliphatic heterocycles. The highest BCUT2D eigenvalue weighted by atomic mass is 16.2. The van der Waals surface area contributed by atoms with Gasteiger partial charge in [0.2, 0.25) is 0 Å². The first-order chi connectivity index (χ1) is 10.2. The van der Waals surface area contributed by atoms with Crippen LogP contribution < -0.4 is 22.8 Å². The highest BCUT2D eigenvalue weighted by molar-refractivity contribution is 5.23. The van der Waals surface area contributed by atoms with Crippen LogP contribution in [0.5, 0.6) is 0 Å². The number of nitrogens with two attached hydrogens (primary N) is 2. The van der Waals surface area contributed by atoms with Gasteiger partial charge in [-0.05, 0) is 33.8 Å². The minimum Gasteiger partial charge on any atom is -0.383 e. The lowest BCUT2D eigenvalue weighted by Gasteiger charge is -2.07. The summed E-state index contributed by atoms with van der Waals surface area (Å²) in [7, 11) is 0. The first-order valence-corrected chi connectivity index (χ1v) is 6.78. The SMILES string of the molecule is CC(C)n1ccc(N)nc1=O.CC(C)n1ncc(N)nc1=O. The smallest absolute Gasteiger partial charge is 0.366 e. The van der Waals surface area contributed by atoms with Gasteiger partial charge in [-0.3, -0.25) is 4.57 Å². The first-order valence-electron chi connectivity index (χ1n) is 6.78. The third-order valence-electron chi connectivity index (χ3n) is 2.63. The van der Waals surface area contributed by atoms with E-state index < -0.39 is 5.69 Å². The molecule has 9 heteroatoms. The van der Waals surface area contributed by atoms with Gasteiger partial charge >= 0.3 is 11.4 Å². The van der Waals surface area contributed by atoms with Gasteiger partial charge in [-0.25, -0.2) is 14.3 Å². The van der Waals surface area contributed by atoms with Crippen LogP contribution in [0.3, 0.4) is 0 Å². The Labute approximate surface area is 127 Å². The Bertz CT molecular complexity index is 670. The highest BCUT2D eigenvalue weighted by Crippen LogP contribution is 1.99. The van der Waals surface area contributed by atoms with E-state index in [0.29, 0.717) is 0 Å². The van der Waals surface area contributed by atoms with Crippen molar-refractivity contribution >= 4 is 11.6 Å². The molecule has 0 radical (unpaired) electrons. The van der Waals surface area contributed by atoms with E-state index >= 15 is 0 Å². The van der Waals surface area contributed by atoms with Crippen LogP contribution in [0, 0.1) is 0 Å². The van der Waals surface area contributed by atoms with Crippen LogP contribution in [-0.4, -0.2) is 24.3 Å². The molecule has 0 saturated carbocycles. The van der Waals surface area contributed by atoms with Crippen molar-refractivity contribution in [3.8, 4) is 0 Å². The van der Waals surface area contributed by atoms with E-state index in [4.69, 9.17) is 11.5 Å². The molecule has 0 saturated heterocycles. The predicted octanol–water partition coefficient (Wildman–Crippen LogP) is 0.208. The van der Waals surface area contributed by atoms with Crippen molar-refractivity contribution in [2.45, 2.75) is 39.8 Å². The summed E-state index contributed by atoms with van der Waals surface area (Å²) in [5.74, 6) is 0.429. The second kappa shape index (κ2) is 7.34. The summed E-state index contributed by atoms with van der Waals surface area (Å²) in [4.78, 5) is 29.1. The molecule has 2 aromatic heterocycles. The Morgan fingerprint density at radius 2 is 1.55 bits per heavy atom. The molecule has 0 spiro atoms. The molecular weight excluding hydrogens is 286 g/mol. The number of rotatable bonds is 2. The molecule has 4 N–H and O–H groups in total.